The van der Waals surface area contributed by atoms with Crippen LogP contribution < -0.4 is 5.32 Å². The van der Waals surface area contributed by atoms with Crippen molar-refractivity contribution >= 4 is 27.5 Å². The van der Waals surface area contributed by atoms with Crippen LogP contribution in [0.1, 0.15) is 17.8 Å². The average molecular weight is 336 g/mol. The maximum atomic E-state index is 12.1. The summed E-state index contributed by atoms with van der Waals surface area (Å²) in [4.78, 5) is 16.6. The lowest BCUT2D eigenvalue weighted by molar-refractivity contribution is -0.131. The van der Waals surface area contributed by atoms with Crippen LogP contribution in [-0.4, -0.2) is 52.6 Å². The molecule has 3 atom stereocenters. The Hall–Kier alpha value is -1.54. The summed E-state index contributed by atoms with van der Waals surface area (Å²) in [7, 11) is 0. The number of rotatable bonds is 5. The Kier molecular flexibility index (Phi) is 5.22. The summed E-state index contributed by atoms with van der Waals surface area (Å²) in [5.74, 6) is -0.119. The number of carbonyl (C=O) groups excluding carboxylic acids is 1. The second-order valence-corrected chi connectivity index (χ2v) is 6.74. The van der Waals surface area contributed by atoms with Crippen molar-refractivity contribution in [2.75, 3.05) is 13.2 Å². The number of fused-ring (bicyclic) bond motifs is 1. The van der Waals surface area contributed by atoms with Crippen LogP contribution in [0.5, 0.6) is 0 Å². The number of nitrogens with zero attached hydrogens (tertiary/aromatic N) is 1. The number of carbonyl (C=O) groups is 1. The van der Waals surface area contributed by atoms with Crippen molar-refractivity contribution in [3.05, 3.63) is 29.3 Å². The van der Waals surface area contributed by atoms with Crippen molar-refractivity contribution < 1.29 is 19.7 Å². The number of benzene rings is 1. The normalized spacial score (nSPS) is 24.7. The number of aliphatic hydroxyl groups is 2. The van der Waals surface area contributed by atoms with Gasteiger partial charge in [0.1, 0.15) is 12.2 Å². The monoisotopic (exact) mass is 336 g/mol. The molecule has 6 nitrogen and oxygen atoms in total. The van der Waals surface area contributed by atoms with E-state index in [1.54, 1.807) is 11.3 Å². The highest BCUT2D eigenvalue weighted by Gasteiger charge is 2.33. The minimum Gasteiger partial charge on any atom is -0.394 e. The SMILES string of the molecule is O=C(CCc1nc2ccccc2s1)N[C@H]1CCO[C@H](CO)[C@H]1O. The zero-order valence-corrected chi connectivity index (χ0v) is 13.5. The third-order valence-electron chi connectivity index (χ3n) is 3.98. The number of nitrogens with one attached hydrogen (secondary N) is 1. The van der Waals surface area contributed by atoms with E-state index in [-0.39, 0.29) is 18.6 Å². The number of aliphatic hydroxyl groups excluding tert-OH is 2. The zero-order chi connectivity index (χ0) is 16.2. The van der Waals surface area contributed by atoms with E-state index in [0.717, 1.165) is 15.2 Å². The standard InChI is InChI=1S/C16H20N2O4S/c19-9-12-16(21)11(7-8-22-12)17-14(20)5-6-15-18-10-3-1-2-4-13(10)23-15/h1-4,11-12,16,19,21H,5-9H2,(H,17,20)/t11-,12+,16-/m0/s1. The quantitative estimate of drug-likeness (QED) is 0.753. The van der Waals surface area contributed by atoms with Gasteiger partial charge in [0.25, 0.3) is 0 Å². The molecule has 0 spiro atoms. The first-order valence-electron chi connectivity index (χ1n) is 7.71. The van der Waals surface area contributed by atoms with Crippen molar-refractivity contribution in [1.82, 2.24) is 10.3 Å². The van der Waals surface area contributed by atoms with Gasteiger partial charge < -0.3 is 20.3 Å². The number of aryl methyl sites for hydroxylation is 1. The Bertz CT molecular complexity index is 642. The Labute approximate surface area is 138 Å². The minimum absolute atomic E-state index is 0.119. The van der Waals surface area contributed by atoms with Crippen LogP contribution in [-0.2, 0) is 16.0 Å². The molecule has 1 fully saturated rings. The molecule has 2 aromatic rings. The molecule has 0 radical (unpaired) electrons. The smallest absolute Gasteiger partial charge is 0.220 e. The molecule has 1 aliphatic rings. The number of hydrogen-bond acceptors (Lipinski definition) is 6. The van der Waals surface area contributed by atoms with Gasteiger partial charge in [-0.25, -0.2) is 4.98 Å². The maximum Gasteiger partial charge on any atom is 0.220 e. The van der Waals surface area contributed by atoms with E-state index < -0.39 is 12.2 Å². The van der Waals surface area contributed by atoms with Crippen molar-refractivity contribution in [2.45, 2.75) is 37.5 Å². The highest BCUT2D eigenvalue weighted by molar-refractivity contribution is 7.18. The molecule has 2 heterocycles. The van der Waals surface area contributed by atoms with Crippen LogP contribution >= 0.6 is 11.3 Å². The first kappa shape index (κ1) is 16.3. The van der Waals surface area contributed by atoms with Gasteiger partial charge in [0.2, 0.25) is 5.91 Å². The topological polar surface area (TPSA) is 91.7 Å². The average Bonchev–Trinajstić information content (AvgIpc) is 2.98. The van der Waals surface area contributed by atoms with Gasteiger partial charge in [-0.05, 0) is 18.6 Å². The fourth-order valence-corrected chi connectivity index (χ4v) is 3.69. The van der Waals surface area contributed by atoms with E-state index >= 15 is 0 Å². The summed E-state index contributed by atoms with van der Waals surface area (Å²) in [6, 6.07) is 7.53. The second-order valence-electron chi connectivity index (χ2n) is 5.62. The molecule has 3 rings (SSSR count). The van der Waals surface area contributed by atoms with E-state index in [1.165, 1.54) is 0 Å². The van der Waals surface area contributed by atoms with Crippen molar-refractivity contribution in [2.24, 2.45) is 0 Å². The van der Waals surface area contributed by atoms with E-state index in [0.29, 0.717) is 25.9 Å². The molecule has 0 saturated carbocycles. The highest BCUT2D eigenvalue weighted by Crippen LogP contribution is 2.22. The van der Waals surface area contributed by atoms with E-state index in [2.05, 4.69) is 10.3 Å². The number of aromatic nitrogens is 1. The van der Waals surface area contributed by atoms with Crippen molar-refractivity contribution in [1.29, 1.82) is 0 Å². The molecule has 0 unspecified atom stereocenters. The molecule has 23 heavy (non-hydrogen) atoms. The molecule has 1 amide bonds. The Morgan fingerprint density at radius 1 is 1.43 bits per heavy atom. The molecule has 0 bridgehead atoms. The van der Waals surface area contributed by atoms with E-state index in [1.807, 2.05) is 24.3 Å². The molecule has 1 saturated heterocycles. The third-order valence-corrected chi connectivity index (χ3v) is 5.08. The van der Waals surface area contributed by atoms with Crippen LogP contribution in [0, 0.1) is 0 Å². The Balaban J connectivity index is 1.53. The van der Waals surface area contributed by atoms with Crippen LogP contribution in [0.3, 0.4) is 0 Å². The van der Waals surface area contributed by atoms with Gasteiger partial charge in [-0.1, -0.05) is 12.1 Å². The number of thiazole rings is 1. The number of ether oxygens (including phenoxy) is 1. The predicted molar refractivity (Wildman–Crippen MR) is 87.3 cm³/mol. The first-order chi connectivity index (χ1) is 11.2. The molecular formula is C16H20N2O4S. The van der Waals surface area contributed by atoms with Gasteiger partial charge in [0, 0.05) is 19.4 Å². The summed E-state index contributed by atoms with van der Waals surface area (Å²) in [5, 5.41) is 22.9. The molecule has 1 aromatic heterocycles. The summed E-state index contributed by atoms with van der Waals surface area (Å²) < 4.78 is 6.37. The highest BCUT2D eigenvalue weighted by atomic mass is 32.1. The lowest BCUT2D eigenvalue weighted by Crippen LogP contribution is -2.54. The molecule has 1 aromatic carbocycles. The Morgan fingerprint density at radius 2 is 2.26 bits per heavy atom. The summed E-state index contributed by atoms with van der Waals surface area (Å²) >= 11 is 1.60. The molecule has 124 valence electrons. The van der Waals surface area contributed by atoms with Gasteiger partial charge in [-0.15, -0.1) is 11.3 Å². The van der Waals surface area contributed by atoms with Gasteiger partial charge >= 0.3 is 0 Å². The molecule has 1 aliphatic heterocycles. The largest absolute Gasteiger partial charge is 0.394 e. The van der Waals surface area contributed by atoms with Crippen LogP contribution in [0.25, 0.3) is 10.2 Å². The third kappa shape index (κ3) is 3.87. The van der Waals surface area contributed by atoms with Crippen LogP contribution in [0.15, 0.2) is 24.3 Å². The fourth-order valence-electron chi connectivity index (χ4n) is 2.72. The van der Waals surface area contributed by atoms with E-state index in [4.69, 9.17) is 9.84 Å². The lowest BCUT2D eigenvalue weighted by Gasteiger charge is -2.34. The predicted octanol–water partition coefficient (Wildman–Crippen LogP) is 0.856. The first-order valence-corrected chi connectivity index (χ1v) is 8.53. The van der Waals surface area contributed by atoms with Crippen molar-refractivity contribution in [3.63, 3.8) is 0 Å². The number of para-hydroxylation sites is 1. The summed E-state index contributed by atoms with van der Waals surface area (Å²) in [5.41, 5.74) is 0.957. The lowest BCUT2D eigenvalue weighted by atomic mass is 10.00. The second kappa shape index (κ2) is 7.35. The molecule has 7 heteroatoms. The Morgan fingerprint density at radius 3 is 3.04 bits per heavy atom. The van der Waals surface area contributed by atoms with Crippen LogP contribution in [0.4, 0.5) is 0 Å². The van der Waals surface area contributed by atoms with Gasteiger partial charge in [-0.3, -0.25) is 4.79 Å². The number of hydrogen-bond donors (Lipinski definition) is 3. The van der Waals surface area contributed by atoms with Crippen molar-refractivity contribution in [3.8, 4) is 0 Å². The van der Waals surface area contributed by atoms with Gasteiger partial charge in [0.15, 0.2) is 0 Å². The zero-order valence-electron chi connectivity index (χ0n) is 12.6. The van der Waals surface area contributed by atoms with Crippen LogP contribution in [0.2, 0.25) is 0 Å². The minimum atomic E-state index is -0.875. The molecular weight excluding hydrogens is 316 g/mol. The van der Waals surface area contributed by atoms with E-state index in [9.17, 15) is 9.90 Å². The maximum absolute atomic E-state index is 12.1. The summed E-state index contributed by atoms with van der Waals surface area (Å²) in [6.45, 7) is 0.171. The molecule has 3 N–H and O–H groups in total. The molecule has 0 aliphatic carbocycles. The number of amides is 1. The van der Waals surface area contributed by atoms with Gasteiger partial charge in [0.05, 0.1) is 27.9 Å². The summed E-state index contributed by atoms with van der Waals surface area (Å²) in [6.07, 6.45) is -0.0509. The fraction of sp³-hybridized carbons (Fsp3) is 0.500. The van der Waals surface area contributed by atoms with Gasteiger partial charge in [-0.2, -0.15) is 0 Å².